The first-order valence-electron chi connectivity index (χ1n) is 10.1. The van der Waals surface area contributed by atoms with Crippen molar-refractivity contribution in [2.24, 2.45) is 0 Å². The van der Waals surface area contributed by atoms with Gasteiger partial charge in [-0.05, 0) is 51.0 Å². The number of piperazine rings is 1. The van der Waals surface area contributed by atoms with Gasteiger partial charge in [0.1, 0.15) is 5.75 Å². The molecule has 0 amide bonds. The van der Waals surface area contributed by atoms with Crippen LogP contribution in [0.25, 0.3) is 0 Å². The number of nitrogens with zero attached hydrogens (tertiary/aromatic N) is 3. The smallest absolute Gasteiger partial charge is 0.122 e. The van der Waals surface area contributed by atoms with Crippen LogP contribution < -0.4 is 9.80 Å². The monoisotopic (exact) mass is 367 g/mol. The molecular weight excluding hydrogens is 334 g/mol. The van der Waals surface area contributed by atoms with Crippen molar-refractivity contribution in [3.8, 4) is 5.75 Å². The van der Waals surface area contributed by atoms with E-state index >= 15 is 0 Å². The fourth-order valence-electron chi connectivity index (χ4n) is 3.94. The van der Waals surface area contributed by atoms with Gasteiger partial charge in [0.15, 0.2) is 0 Å². The Kier molecular flexibility index (Phi) is 6.27. The summed E-state index contributed by atoms with van der Waals surface area (Å²) in [5.74, 6) is 0.413. The lowest BCUT2D eigenvalue weighted by Gasteiger charge is -2.37. The van der Waals surface area contributed by atoms with Gasteiger partial charge in [-0.2, -0.15) is 0 Å². The molecule has 1 fully saturated rings. The van der Waals surface area contributed by atoms with Crippen LogP contribution in [0.2, 0.25) is 0 Å². The molecule has 0 aromatic heterocycles. The van der Waals surface area contributed by atoms with Gasteiger partial charge < -0.3 is 14.9 Å². The van der Waals surface area contributed by atoms with Crippen molar-refractivity contribution in [1.82, 2.24) is 4.90 Å². The van der Waals surface area contributed by atoms with Crippen LogP contribution in [-0.4, -0.2) is 49.3 Å². The highest BCUT2D eigenvalue weighted by molar-refractivity contribution is 5.56. The van der Waals surface area contributed by atoms with Crippen LogP contribution in [0, 0.1) is 13.8 Å². The van der Waals surface area contributed by atoms with Crippen LogP contribution in [-0.2, 0) is 6.54 Å². The summed E-state index contributed by atoms with van der Waals surface area (Å²) < 4.78 is 0. The first-order valence-corrected chi connectivity index (χ1v) is 10.1. The normalized spacial score (nSPS) is 15.2. The van der Waals surface area contributed by atoms with Crippen molar-refractivity contribution in [3.63, 3.8) is 0 Å². The first-order chi connectivity index (χ1) is 13.0. The van der Waals surface area contributed by atoms with Gasteiger partial charge in [0, 0.05) is 68.8 Å². The van der Waals surface area contributed by atoms with Crippen molar-refractivity contribution in [1.29, 1.82) is 0 Å². The Bertz CT molecular complexity index is 762. The van der Waals surface area contributed by atoms with Crippen molar-refractivity contribution in [2.75, 3.05) is 49.1 Å². The maximum Gasteiger partial charge on any atom is 0.122 e. The van der Waals surface area contributed by atoms with E-state index in [1.807, 2.05) is 6.07 Å². The molecule has 0 atom stereocenters. The van der Waals surface area contributed by atoms with E-state index in [9.17, 15) is 5.11 Å². The highest BCUT2D eigenvalue weighted by Crippen LogP contribution is 2.27. The number of phenols is 1. The van der Waals surface area contributed by atoms with E-state index in [4.69, 9.17) is 0 Å². The second kappa shape index (κ2) is 8.66. The van der Waals surface area contributed by atoms with Gasteiger partial charge in [0.05, 0.1) is 0 Å². The summed E-state index contributed by atoms with van der Waals surface area (Å²) in [5.41, 5.74) is 6.22. The van der Waals surface area contributed by atoms with Crippen LogP contribution in [0.1, 0.15) is 30.5 Å². The van der Waals surface area contributed by atoms with Crippen LogP contribution in [0.4, 0.5) is 11.4 Å². The zero-order valence-electron chi connectivity index (χ0n) is 17.2. The predicted molar refractivity (Wildman–Crippen MR) is 115 cm³/mol. The van der Waals surface area contributed by atoms with Crippen LogP contribution in [0.5, 0.6) is 5.75 Å². The van der Waals surface area contributed by atoms with Crippen molar-refractivity contribution in [2.45, 2.75) is 34.2 Å². The van der Waals surface area contributed by atoms with Crippen LogP contribution in [0.3, 0.4) is 0 Å². The van der Waals surface area contributed by atoms with Crippen molar-refractivity contribution < 1.29 is 5.11 Å². The minimum atomic E-state index is 0.413. The summed E-state index contributed by atoms with van der Waals surface area (Å²) in [6.07, 6.45) is 0. The summed E-state index contributed by atoms with van der Waals surface area (Å²) >= 11 is 0. The van der Waals surface area contributed by atoms with Crippen molar-refractivity contribution in [3.05, 3.63) is 53.1 Å². The molecule has 0 spiro atoms. The largest absolute Gasteiger partial charge is 0.508 e. The van der Waals surface area contributed by atoms with Gasteiger partial charge in [0.25, 0.3) is 0 Å². The number of rotatable bonds is 6. The van der Waals surface area contributed by atoms with E-state index in [1.54, 1.807) is 0 Å². The Morgan fingerprint density at radius 3 is 2.30 bits per heavy atom. The molecule has 0 saturated carbocycles. The van der Waals surface area contributed by atoms with Crippen LogP contribution >= 0.6 is 0 Å². The second-order valence-electron chi connectivity index (χ2n) is 7.47. The summed E-state index contributed by atoms with van der Waals surface area (Å²) in [4.78, 5) is 7.18. The molecule has 146 valence electrons. The summed E-state index contributed by atoms with van der Waals surface area (Å²) in [5, 5.41) is 10.5. The first kappa shape index (κ1) is 19.6. The SMILES string of the molecule is CCN(CC)c1ccc(CN2CCN(c3cccc(C)c3C)CC2)c(O)c1. The molecule has 0 bridgehead atoms. The molecule has 3 rings (SSSR count). The molecule has 0 aliphatic carbocycles. The molecule has 1 heterocycles. The summed E-state index contributed by atoms with van der Waals surface area (Å²) in [6, 6.07) is 12.7. The maximum absolute atomic E-state index is 10.5. The number of aryl methyl sites for hydroxylation is 1. The van der Waals surface area contributed by atoms with E-state index in [2.05, 4.69) is 72.7 Å². The third kappa shape index (κ3) is 4.38. The predicted octanol–water partition coefficient (Wildman–Crippen LogP) is 4.18. The summed E-state index contributed by atoms with van der Waals surface area (Å²) in [6.45, 7) is 15.5. The Morgan fingerprint density at radius 1 is 0.963 bits per heavy atom. The van der Waals surface area contributed by atoms with Gasteiger partial charge in [-0.3, -0.25) is 4.90 Å². The highest BCUT2D eigenvalue weighted by Gasteiger charge is 2.20. The zero-order valence-corrected chi connectivity index (χ0v) is 17.2. The Labute approximate surface area is 164 Å². The molecule has 0 unspecified atom stereocenters. The third-order valence-electron chi connectivity index (χ3n) is 5.88. The lowest BCUT2D eigenvalue weighted by atomic mass is 10.1. The van der Waals surface area contributed by atoms with E-state index in [0.717, 1.165) is 57.1 Å². The fraction of sp³-hybridized carbons (Fsp3) is 0.478. The average Bonchev–Trinajstić information content (AvgIpc) is 2.68. The number of phenolic OH excluding ortho intramolecular Hbond substituents is 1. The number of hydrogen-bond acceptors (Lipinski definition) is 4. The molecule has 0 radical (unpaired) electrons. The lowest BCUT2D eigenvalue weighted by molar-refractivity contribution is 0.246. The van der Waals surface area contributed by atoms with Gasteiger partial charge in [0.2, 0.25) is 0 Å². The van der Waals surface area contributed by atoms with Gasteiger partial charge in [-0.1, -0.05) is 18.2 Å². The van der Waals surface area contributed by atoms with E-state index in [1.165, 1.54) is 16.8 Å². The Hall–Kier alpha value is -2.20. The molecule has 27 heavy (non-hydrogen) atoms. The molecule has 4 heteroatoms. The average molecular weight is 368 g/mol. The van der Waals surface area contributed by atoms with Crippen LogP contribution in [0.15, 0.2) is 36.4 Å². The standard InChI is InChI=1S/C23H33N3O/c1-5-25(6-2)21-11-10-20(23(27)16-21)17-24-12-14-26(15-13-24)22-9-7-8-18(3)19(22)4/h7-11,16,27H,5-6,12-15,17H2,1-4H3. The molecule has 2 aromatic rings. The molecule has 1 saturated heterocycles. The van der Waals surface area contributed by atoms with E-state index < -0.39 is 0 Å². The van der Waals surface area contributed by atoms with Gasteiger partial charge in [-0.15, -0.1) is 0 Å². The zero-order chi connectivity index (χ0) is 19.4. The van der Waals surface area contributed by atoms with E-state index in [0.29, 0.717) is 5.75 Å². The van der Waals surface area contributed by atoms with Gasteiger partial charge >= 0.3 is 0 Å². The number of anilines is 2. The Morgan fingerprint density at radius 2 is 1.67 bits per heavy atom. The second-order valence-corrected chi connectivity index (χ2v) is 7.47. The topological polar surface area (TPSA) is 30.0 Å². The van der Waals surface area contributed by atoms with Crippen molar-refractivity contribution >= 4 is 11.4 Å². The number of benzene rings is 2. The minimum Gasteiger partial charge on any atom is -0.508 e. The summed E-state index contributed by atoms with van der Waals surface area (Å²) in [7, 11) is 0. The molecule has 1 aliphatic rings. The molecule has 4 nitrogen and oxygen atoms in total. The quantitative estimate of drug-likeness (QED) is 0.830. The molecular formula is C23H33N3O. The van der Waals surface area contributed by atoms with Gasteiger partial charge in [-0.25, -0.2) is 0 Å². The molecule has 2 aromatic carbocycles. The van der Waals surface area contributed by atoms with E-state index in [-0.39, 0.29) is 0 Å². The molecule has 1 aliphatic heterocycles. The third-order valence-corrected chi connectivity index (χ3v) is 5.88. The lowest BCUT2D eigenvalue weighted by Crippen LogP contribution is -2.46. The Balaban J connectivity index is 1.61. The maximum atomic E-state index is 10.5. The number of aromatic hydroxyl groups is 1. The number of hydrogen-bond donors (Lipinski definition) is 1. The molecule has 1 N–H and O–H groups in total. The fourth-order valence-corrected chi connectivity index (χ4v) is 3.94. The highest BCUT2D eigenvalue weighted by atomic mass is 16.3. The minimum absolute atomic E-state index is 0.413.